The van der Waals surface area contributed by atoms with Gasteiger partial charge in [0.1, 0.15) is 11.2 Å². The van der Waals surface area contributed by atoms with E-state index in [0.717, 1.165) is 4.57 Å². The van der Waals surface area contributed by atoms with Gasteiger partial charge in [0.05, 0.1) is 11.8 Å². The minimum atomic E-state index is -0.716. The zero-order chi connectivity index (χ0) is 18.1. The van der Waals surface area contributed by atoms with Crippen LogP contribution < -0.4 is 25.7 Å². The number of fused-ring (bicyclic) bond motifs is 2. The van der Waals surface area contributed by atoms with Crippen LogP contribution in [0.5, 0.6) is 11.5 Å². The van der Waals surface area contributed by atoms with Crippen LogP contribution in [-0.4, -0.2) is 28.3 Å². The number of rotatable bonds is 3. The van der Waals surface area contributed by atoms with Gasteiger partial charge in [0, 0.05) is 11.8 Å². The Hall–Kier alpha value is -3.40. The second-order valence-corrected chi connectivity index (χ2v) is 6.30. The molecule has 0 fully saturated rings. The van der Waals surface area contributed by atoms with Gasteiger partial charge in [0.2, 0.25) is 12.7 Å². The quantitative estimate of drug-likeness (QED) is 0.721. The molecule has 0 radical (unpaired) electrons. The molecule has 0 saturated heterocycles. The lowest BCUT2D eigenvalue weighted by molar-refractivity contribution is -0.120. The smallest absolute Gasteiger partial charge is 0.325 e. The van der Waals surface area contributed by atoms with Gasteiger partial charge >= 0.3 is 6.03 Å². The van der Waals surface area contributed by atoms with Crippen LogP contribution in [0.25, 0.3) is 10.2 Å². The number of carbonyl (C=O) groups is 2. The van der Waals surface area contributed by atoms with Crippen LogP contribution in [-0.2, 0) is 11.3 Å². The number of nitrogens with one attached hydrogen (secondary N) is 2. The second kappa shape index (κ2) is 6.48. The number of hydrogen-bond acceptors (Lipinski definition) is 7. The molecule has 26 heavy (non-hydrogen) atoms. The van der Waals surface area contributed by atoms with E-state index in [2.05, 4.69) is 15.6 Å². The summed E-state index contributed by atoms with van der Waals surface area (Å²) in [5.41, 5.74) is 0.701. The van der Waals surface area contributed by atoms with Crippen LogP contribution in [0.3, 0.4) is 0 Å². The molecule has 3 heterocycles. The summed E-state index contributed by atoms with van der Waals surface area (Å²) in [6.45, 7) is -0.185. The van der Waals surface area contributed by atoms with E-state index < -0.39 is 11.9 Å². The number of thiophene rings is 1. The highest BCUT2D eigenvalue weighted by Gasteiger charge is 2.15. The minimum Gasteiger partial charge on any atom is -0.454 e. The number of urea groups is 1. The molecule has 3 aromatic rings. The molecule has 0 atom stereocenters. The number of anilines is 1. The molecule has 132 valence electrons. The zero-order valence-corrected chi connectivity index (χ0v) is 14.0. The molecule has 10 heteroatoms. The molecule has 0 aliphatic carbocycles. The Morgan fingerprint density at radius 3 is 2.96 bits per heavy atom. The predicted molar refractivity (Wildman–Crippen MR) is 93.6 cm³/mol. The molecule has 2 N–H and O–H groups in total. The van der Waals surface area contributed by atoms with E-state index in [4.69, 9.17) is 9.47 Å². The predicted octanol–water partition coefficient (Wildman–Crippen LogP) is 1.54. The summed E-state index contributed by atoms with van der Waals surface area (Å²) in [5.74, 6) is 0.460. The number of hydrogen-bond donors (Lipinski definition) is 2. The second-order valence-electron chi connectivity index (χ2n) is 5.38. The van der Waals surface area contributed by atoms with Gasteiger partial charge in [0.25, 0.3) is 5.56 Å². The van der Waals surface area contributed by atoms with E-state index >= 15 is 0 Å². The van der Waals surface area contributed by atoms with Crippen molar-refractivity contribution in [2.24, 2.45) is 0 Å². The number of amides is 3. The average molecular weight is 372 g/mol. The highest BCUT2D eigenvalue weighted by molar-refractivity contribution is 7.17. The third kappa shape index (κ3) is 3.09. The van der Waals surface area contributed by atoms with Crippen LogP contribution in [0, 0.1) is 0 Å². The molecule has 4 rings (SSSR count). The van der Waals surface area contributed by atoms with Gasteiger partial charge in [0.15, 0.2) is 11.5 Å². The molecule has 0 bridgehead atoms. The summed E-state index contributed by atoms with van der Waals surface area (Å²) >= 11 is 1.25. The van der Waals surface area contributed by atoms with E-state index in [1.807, 2.05) is 0 Å². The largest absolute Gasteiger partial charge is 0.454 e. The first kappa shape index (κ1) is 16.1. The molecule has 1 aliphatic rings. The molecule has 0 saturated carbocycles. The molecule has 1 aromatic carbocycles. The number of ether oxygens (including phenoxy) is 2. The van der Waals surface area contributed by atoms with Gasteiger partial charge in [-0.3, -0.25) is 19.5 Å². The fourth-order valence-electron chi connectivity index (χ4n) is 2.45. The van der Waals surface area contributed by atoms with E-state index in [-0.39, 0.29) is 18.9 Å². The van der Waals surface area contributed by atoms with Gasteiger partial charge in [-0.05, 0) is 23.6 Å². The topological polar surface area (TPSA) is 112 Å². The third-order valence-corrected chi connectivity index (χ3v) is 4.52. The van der Waals surface area contributed by atoms with Crippen molar-refractivity contribution in [1.82, 2.24) is 14.9 Å². The first-order valence-corrected chi connectivity index (χ1v) is 8.41. The molecule has 0 spiro atoms. The lowest BCUT2D eigenvalue weighted by Crippen LogP contribution is -2.38. The maximum absolute atomic E-state index is 12.2. The van der Waals surface area contributed by atoms with Crippen LogP contribution in [0.4, 0.5) is 10.5 Å². The van der Waals surface area contributed by atoms with Crippen LogP contribution in [0.1, 0.15) is 0 Å². The van der Waals surface area contributed by atoms with E-state index in [9.17, 15) is 14.4 Å². The van der Waals surface area contributed by atoms with Crippen molar-refractivity contribution in [2.75, 3.05) is 12.1 Å². The maximum atomic E-state index is 12.2. The number of benzene rings is 1. The van der Waals surface area contributed by atoms with Crippen LogP contribution >= 0.6 is 11.3 Å². The Morgan fingerprint density at radius 1 is 1.23 bits per heavy atom. The van der Waals surface area contributed by atoms with Crippen molar-refractivity contribution < 1.29 is 19.1 Å². The Bertz CT molecular complexity index is 1070. The Morgan fingerprint density at radius 2 is 2.08 bits per heavy atom. The van der Waals surface area contributed by atoms with Gasteiger partial charge in [-0.15, -0.1) is 11.3 Å². The van der Waals surface area contributed by atoms with Crippen molar-refractivity contribution in [3.05, 3.63) is 46.3 Å². The third-order valence-electron chi connectivity index (χ3n) is 3.63. The standard InChI is InChI=1S/C16H12N4O5S/c21-13(6-20-7-17-10-3-4-26-14(10)15(20)22)19-16(23)18-9-1-2-11-12(5-9)25-8-24-11/h1-5,7H,6,8H2,(H2,18,19,21,23). The van der Waals surface area contributed by atoms with Crippen molar-refractivity contribution in [1.29, 1.82) is 0 Å². The molecule has 9 nitrogen and oxygen atoms in total. The van der Waals surface area contributed by atoms with Gasteiger partial charge < -0.3 is 14.8 Å². The van der Waals surface area contributed by atoms with Crippen molar-refractivity contribution in [2.45, 2.75) is 6.54 Å². The molecular formula is C16H12N4O5S. The van der Waals surface area contributed by atoms with Gasteiger partial charge in [-0.2, -0.15) is 0 Å². The fraction of sp³-hybridized carbons (Fsp3) is 0.125. The number of imide groups is 1. The molecule has 2 aromatic heterocycles. The summed E-state index contributed by atoms with van der Waals surface area (Å²) in [6, 6.07) is 5.88. The van der Waals surface area contributed by atoms with E-state index in [1.165, 1.54) is 17.7 Å². The molecule has 3 amide bonds. The summed E-state index contributed by atoms with van der Waals surface area (Å²) in [7, 11) is 0. The zero-order valence-electron chi connectivity index (χ0n) is 13.2. The lowest BCUT2D eigenvalue weighted by atomic mass is 10.3. The van der Waals surface area contributed by atoms with Crippen LogP contribution in [0.2, 0.25) is 0 Å². The van der Waals surface area contributed by atoms with Crippen molar-refractivity contribution in [3.63, 3.8) is 0 Å². The van der Waals surface area contributed by atoms with Gasteiger partial charge in [-0.25, -0.2) is 9.78 Å². The minimum absolute atomic E-state index is 0.126. The molecular weight excluding hydrogens is 360 g/mol. The lowest BCUT2D eigenvalue weighted by Gasteiger charge is -2.08. The first-order chi connectivity index (χ1) is 12.6. The number of carbonyl (C=O) groups excluding carboxylic acids is 2. The Labute approximate surface area is 150 Å². The SMILES string of the molecule is O=C(Cn1cnc2ccsc2c1=O)NC(=O)Nc1ccc2c(c1)OCO2. The van der Waals surface area contributed by atoms with Gasteiger partial charge in [-0.1, -0.05) is 0 Å². The fourth-order valence-corrected chi connectivity index (χ4v) is 3.24. The first-order valence-electron chi connectivity index (χ1n) is 7.53. The average Bonchev–Trinajstić information content (AvgIpc) is 3.26. The van der Waals surface area contributed by atoms with Crippen molar-refractivity contribution in [3.8, 4) is 11.5 Å². The van der Waals surface area contributed by atoms with Crippen LogP contribution in [0.15, 0.2) is 40.8 Å². The van der Waals surface area contributed by atoms with E-state index in [0.29, 0.717) is 27.4 Å². The van der Waals surface area contributed by atoms with E-state index in [1.54, 1.807) is 29.6 Å². The summed E-state index contributed by atoms with van der Waals surface area (Å²) in [5, 5.41) is 6.44. The normalized spacial score (nSPS) is 12.2. The molecule has 1 aliphatic heterocycles. The van der Waals surface area contributed by atoms with Crippen molar-refractivity contribution >= 4 is 39.2 Å². The highest BCUT2D eigenvalue weighted by atomic mass is 32.1. The molecule has 0 unspecified atom stereocenters. The monoisotopic (exact) mass is 372 g/mol. The Kier molecular flexibility index (Phi) is 4.01. The highest BCUT2D eigenvalue weighted by Crippen LogP contribution is 2.34. The summed E-state index contributed by atoms with van der Waals surface area (Å²) in [6.07, 6.45) is 1.28. The maximum Gasteiger partial charge on any atom is 0.325 e. The Balaban J connectivity index is 1.40. The summed E-state index contributed by atoms with van der Waals surface area (Å²) in [4.78, 5) is 40.3. The number of nitrogens with zero attached hydrogens (tertiary/aromatic N) is 2. The number of aromatic nitrogens is 2. The summed E-state index contributed by atoms with van der Waals surface area (Å²) < 4.78 is 12.0.